The van der Waals surface area contributed by atoms with Crippen LogP contribution in [0.25, 0.3) is 22.0 Å². The number of ether oxygens (including phenoxy) is 1. The van der Waals surface area contributed by atoms with Gasteiger partial charge in [-0.2, -0.15) is 5.10 Å². The van der Waals surface area contributed by atoms with E-state index in [-0.39, 0.29) is 35.6 Å². The molecule has 3 fully saturated rings. The quantitative estimate of drug-likeness (QED) is 0.293. The fourth-order valence-corrected chi connectivity index (χ4v) is 10.3. The fraction of sp³-hybridized carbons (Fsp3) is 0.457. The number of Topliss-reactive ketones (excluding diaryl/α,β-unsaturated/α-hetero) is 1. The fourth-order valence-electron chi connectivity index (χ4n) is 9.52. The number of hydrogen-bond acceptors (Lipinski definition) is 7. The van der Waals surface area contributed by atoms with Gasteiger partial charge >= 0.3 is 0 Å². The van der Waals surface area contributed by atoms with Crippen molar-refractivity contribution in [3.05, 3.63) is 77.6 Å². The van der Waals surface area contributed by atoms with Gasteiger partial charge in [0.2, 0.25) is 5.78 Å². The molecule has 3 saturated carbocycles. The molecule has 222 valence electrons. The van der Waals surface area contributed by atoms with Gasteiger partial charge in [0.15, 0.2) is 6.61 Å². The molecule has 2 N–H and O–H groups in total. The first kappa shape index (κ1) is 27.2. The first-order valence-corrected chi connectivity index (χ1v) is 16.3. The summed E-state index contributed by atoms with van der Waals surface area (Å²) in [4.78, 5) is 18.2. The molecule has 8 rings (SSSR count). The SMILES string of the molecule is CC12Cc3cn(-c4ccccc4)nc3C=C1CCC1C2[C@@H](O)CC2(C)C1CC[C@]2(O)C(=O)COc1nc2ccccc2s1. The Bertz CT molecular complexity index is 1730. The zero-order valence-corrected chi connectivity index (χ0v) is 25.4. The zero-order chi connectivity index (χ0) is 29.6. The third kappa shape index (κ3) is 3.95. The standard InChI is InChI=1S/C35H37N3O4S/c1-33-17-21-19-38(23-8-4-3-5-9-23)37-27(21)16-22(33)12-13-24-25-14-15-35(41,34(25,2)18-28(39)31(24)33)30(40)20-42-32-36-26-10-6-7-11-29(26)43-32/h3-11,16,19,24-25,28,31,39,41H,12-15,17-18,20H2,1-2H3/t24?,25?,28-,31?,33?,34?,35-/m0/s1. The Morgan fingerprint density at radius 3 is 2.72 bits per heavy atom. The normalized spacial score (nSPS) is 34.6. The molecule has 43 heavy (non-hydrogen) atoms. The minimum Gasteiger partial charge on any atom is -0.462 e. The second-order valence-electron chi connectivity index (χ2n) is 13.7. The van der Waals surface area contributed by atoms with Crippen LogP contribution in [0.1, 0.15) is 57.2 Å². The lowest BCUT2D eigenvalue weighted by Crippen LogP contribution is -2.62. The smallest absolute Gasteiger partial charge is 0.274 e. The molecule has 0 spiro atoms. The molecule has 0 saturated heterocycles. The molecule has 4 aromatic rings. The summed E-state index contributed by atoms with van der Waals surface area (Å²) in [6, 6.07) is 18.0. The van der Waals surface area contributed by atoms with E-state index in [1.807, 2.05) is 54.1 Å². The van der Waals surface area contributed by atoms with Crippen LogP contribution < -0.4 is 4.74 Å². The van der Waals surface area contributed by atoms with Gasteiger partial charge in [-0.3, -0.25) is 4.79 Å². The lowest BCUT2D eigenvalue weighted by Gasteiger charge is -2.60. The van der Waals surface area contributed by atoms with Gasteiger partial charge in [-0.05, 0) is 97.6 Å². The average Bonchev–Trinajstić information content (AvgIpc) is 3.68. The highest BCUT2D eigenvalue weighted by Gasteiger charge is 2.68. The van der Waals surface area contributed by atoms with E-state index in [1.165, 1.54) is 22.5 Å². The van der Waals surface area contributed by atoms with E-state index in [2.05, 4.69) is 36.3 Å². The number of para-hydroxylation sites is 2. The summed E-state index contributed by atoms with van der Waals surface area (Å²) < 4.78 is 8.83. The van der Waals surface area contributed by atoms with Crippen molar-refractivity contribution in [2.45, 2.75) is 64.1 Å². The van der Waals surface area contributed by atoms with Crippen LogP contribution >= 0.6 is 11.3 Å². The Morgan fingerprint density at radius 1 is 1.12 bits per heavy atom. The first-order valence-electron chi connectivity index (χ1n) is 15.5. The summed E-state index contributed by atoms with van der Waals surface area (Å²) in [7, 11) is 0. The molecular weight excluding hydrogens is 558 g/mol. The number of aliphatic hydroxyl groups is 2. The van der Waals surface area contributed by atoms with Gasteiger partial charge in [-0.25, -0.2) is 9.67 Å². The molecule has 4 aliphatic carbocycles. The average molecular weight is 596 g/mol. The number of aliphatic hydroxyl groups excluding tert-OH is 1. The van der Waals surface area contributed by atoms with Crippen molar-refractivity contribution in [2.75, 3.05) is 6.61 Å². The van der Waals surface area contributed by atoms with Crippen LogP contribution in [0.3, 0.4) is 0 Å². The van der Waals surface area contributed by atoms with Crippen LogP contribution in [0.2, 0.25) is 0 Å². The Kier molecular flexibility index (Phi) is 6.07. The van der Waals surface area contributed by atoms with Crippen LogP contribution in [0, 0.1) is 28.6 Å². The molecule has 2 heterocycles. The maximum absolute atomic E-state index is 13.7. The largest absolute Gasteiger partial charge is 0.462 e. The third-order valence-electron chi connectivity index (χ3n) is 11.6. The van der Waals surface area contributed by atoms with Gasteiger partial charge in [-0.1, -0.05) is 61.1 Å². The molecule has 2 aromatic heterocycles. The van der Waals surface area contributed by atoms with Crippen molar-refractivity contribution in [3.63, 3.8) is 0 Å². The van der Waals surface area contributed by atoms with Crippen LogP contribution in [0.5, 0.6) is 5.19 Å². The van der Waals surface area contributed by atoms with E-state index in [1.54, 1.807) is 0 Å². The van der Waals surface area contributed by atoms with Crippen LogP contribution in [-0.4, -0.2) is 49.1 Å². The molecule has 7 nitrogen and oxygen atoms in total. The molecule has 7 atom stereocenters. The highest BCUT2D eigenvalue weighted by atomic mass is 32.1. The van der Waals surface area contributed by atoms with Crippen molar-refractivity contribution < 1.29 is 19.7 Å². The maximum Gasteiger partial charge on any atom is 0.274 e. The highest BCUT2D eigenvalue weighted by Crippen LogP contribution is 2.67. The molecule has 2 aromatic carbocycles. The van der Waals surface area contributed by atoms with Crippen molar-refractivity contribution in [3.8, 4) is 10.9 Å². The van der Waals surface area contributed by atoms with Crippen molar-refractivity contribution in [2.24, 2.45) is 28.6 Å². The summed E-state index contributed by atoms with van der Waals surface area (Å²) >= 11 is 1.40. The predicted molar refractivity (Wildman–Crippen MR) is 166 cm³/mol. The van der Waals surface area contributed by atoms with Crippen molar-refractivity contribution >= 4 is 33.4 Å². The second kappa shape index (κ2) is 9.58. The van der Waals surface area contributed by atoms with Gasteiger partial charge in [0.25, 0.3) is 5.19 Å². The van der Waals surface area contributed by atoms with E-state index in [0.717, 1.165) is 47.3 Å². The zero-order valence-electron chi connectivity index (χ0n) is 24.6. The number of hydrogen-bond donors (Lipinski definition) is 2. The van der Waals surface area contributed by atoms with Crippen LogP contribution in [0.4, 0.5) is 0 Å². The van der Waals surface area contributed by atoms with E-state index >= 15 is 0 Å². The Balaban J connectivity index is 1.04. The van der Waals surface area contributed by atoms with Gasteiger partial charge in [0, 0.05) is 11.6 Å². The Hall–Kier alpha value is -3.33. The molecule has 0 bridgehead atoms. The molecule has 8 heteroatoms. The molecule has 4 aliphatic rings. The summed E-state index contributed by atoms with van der Waals surface area (Å²) in [5.41, 5.74) is 3.05. The number of fused-ring (bicyclic) bond motifs is 7. The molecule has 5 unspecified atom stereocenters. The number of carbonyl (C=O) groups is 1. The number of carbonyl (C=O) groups excluding carboxylic acids is 1. The first-order chi connectivity index (χ1) is 20.7. The lowest BCUT2D eigenvalue weighted by molar-refractivity contribution is -0.180. The maximum atomic E-state index is 13.7. The molecule has 0 aliphatic heterocycles. The number of aromatic nitrogens is 3. The summed E-state index contributed by atoms with van der Waals surface area (Å²) in [5.74, 6) is 0.147. The number of nitrogens with zero attached hydrogens (tertiary/aromatic N) is 3. The van der Waals surface area contributed by atoms with Gasteiger partial charge in [0.1, 0.15) is 5.60 Å². The monoisotopic (exact) mass is 595 g/mol. The summed E-state index contributed by atoms with van der Waals surface area (Å²) in [6.45, 7) is 4.14. The van der Waals surface area contributed by atoms with E-state index in [4.69, 9.17) is 9.84 Å². The second-order valence-corrected chi connectivity index (χ2v) is 14.7. The molecule has 0 radical (unpaired) electrons. The number of allylic oxidation sites excluding steroid dienone is 1. The van der Waals surface area contributed by atoms with Gasteiger partial charge in [0.05, 0.1) is 27.7 Å². The van der Waals surface area contributed by atoms with E-state index in [9.17, 15) is 15.0 Å². The van der Waals surface area contributed by atoms with Crippen LogP contribution in [0.15, 0.2) is 66.4 Å². The summed E-state index contributed by atoms with van der Waals surface area (Å²) in [6.07, 6.45) is 8.11. The van der Waals surface area contributed by atoms with Crippen molar-refractivity contribution in [1.29, 1.82) is 0 Å². The number of rotatable bonds is 5. The third-order valence-corrected chi connectivity index (χ3v) is 12.5. The number of thiazole rings is 1. The minimum atomic E-state index is -1.53. The Morgan fingerprint density at radius 2 is 1.91 bits per heavy atom. The molecular formula is C35H37N3O4S. The highest BCUT2D eigenvalue weighted by molar-refractivity contribution is 7.20. The van der Waals surface area contributed by atoms with E-state index < -0.39 is 17.1 Å². The van der Waals surface area contributed by atoms with Crippen LogP contribution in [-0.2, 0) is 11.2 Å². The topological polar surface area (TPSA) is 97.5 Å². The number of ketones is 1. The van der Waals surface area contributed by atoms with Gasteiger partial charge in [-0.15, -0.1) is 0 Å². The predicted octanol–water partition coefficient (Wildman–Crippen LogP) is 6.01. The van der Waals surface area contributed by atoms with Gasteiger partial charge < -0.3 is 14.9 Å². The minimum absolute atomic E-state index is 0.0650. The number of benzene rings is 2. The van der Waals surface area contributed by atoms with E-state index in [0.29, 0.717) is 18.0 Å². The summed E-state index contributed by atoms with van der Waals surface area (Å²) in [5, 5.41) is 29.4. The lowest BCUT2D eigenvalue weighted by atomic mass is 9.45. The molecule has 0 amide bonds. The Labute approximate surface area is 255 Å². The van der Waals surface area contributed by atoms with Crippen molar-refractivity contribution in [1.82, 2.24) is 14.8 Å².